The Kier molecular flexibility index (Phi) is 6.44. The standard InChI is InChI=1S/C13H20F2N4O2/c1-8(2)10-5-9(6-12(17-10)18-16)13(21)19(3-4-20)7-11(14)15/h5-6,8,11,20H,3-4,7,16H2,1-2H3,(H,17,18). The maximum absolute atomic E-state index is 12.5. The summed E-state index contributed by atoms with van der Waals surface area (Å²) in [5, 5.41) is 8.91. The Labute approximate surface area is 121 Å². The predicted octanol–water partition coefficient (Wildman–Crippen LogP) is 1.19. The van der Waals surface area contributed by atoms with Crippen LogP contribution in [0.4, 0.5) is 14.6 Å². The zero-order chi connectivity index (χ0) is 16.0. The normalized spacial score (nSPS) is 11.0. The molecule has 1 amide bonds. The SMILES string of the molecule is CC(C)c1cc(C(=O)N(CCO)CC(F)F)cc(NN)n1. The van der Waals surface area contributed by atoms with E-state index in [0.29, 0.717) is 5.69 Å². The highest BCUT2D eigenvalue weighted by molar-refractivity contribution is 5.95. The van der Waals surface area contributed by atoms with Crippen molar-refractivity contribution in [2.45, 2.75) is 26.2 Å². The average molecular weight is 302 g/mol. The quantitative estimate of drug-likeness (QED) is 0.520. The smallest absolute Gasteiger partial charge is 0.255 e. The van der Waals surface area contributed by atoms with E-state index in [1.807, 2.05) is 13.8 Å². The minimum absolute atomic E-state index is 0.0474. The fraction of sp³-hybridized carbons (Fsp3) is 0.538. The van der Waals surface area contributed by atoms with Crippen LogP contribution in [0.2, 0.25) is 0 Å². The van der Waals surface area contributed by atoms with E-state index in [9.17, 15) is 13.6 Å². The molecule has 1 aromatic rings. The maximum Gasteiger partial charge on any atom is 0.255 e. The topological polar surface area (TPSA) is 91.5 Å². The Morgan fingerprint density at radius 2 is 2.14 bits per heavy atom. The van der Waals surface area contributed by atoms with Gasteiger partial charge in [-0.15, -0.1) is 0 Å². The Balaban J connectivity index is 3.10. The summed E-state index contributed by atoms with van der Waals surface area (Å²) >= 11 is 0. The molecule has 118 valence electrons. The Morgan fingerprint density at radius 3 is 2.62 bits per heavy atom. The van der Waals surface area contributed by atoms with Crippen molar-refractivity contribution in [3.63, 3.8) is 0 Å². The number of hydrogen-bond acceptors (Lipinski definition) is 5. The number of aliphatic hydroxyl groups is 1. The molecule has 21 heavy (non-hydrogen) atoms. The van der Waals surface area contributed by atoms with Crippen LogP contribution in [-0.4, -0.2) is 47.0 Å². The van der Waals surface area contributed by atoms with E-state index in [0.717, 1.165) is 4.90 Å². The fourth-order valence-electron chi connectivity index (χ4n) is 1.79. The van der Waals surface area contributed by atoms with Gasteiger partial charge in [-0.25, -0.2) is 19.6 Å². The lowest BCUT2D eigenvalue weighted by atomic mass is 10.1. The van der Waals surface area contributed by atoms with Crippen molar-refractivity contribution in [1.29, 1.82) is 0 Å². The zero-order valence-corrected chi connectivity index (χ0v) is 12.0. The van der Waals surface area contributed by atoms with Gasteiger partial charge in [0.2, 0.25) is 0 Å². The molecule has 0 aromatic carbocycles. The molecule has 4 N–H and O–H groups in total. The predicted molar refractivity (Wildman–Crippen MR) is 75.1 cm³/mol. The molecule has 0 radical (unpaired) electrons. The van der Waals surface area contributed by atoms with Gasteiger partial charge in [0.25, 0.3) is 12.3 Å². The lowest BCUT2D eigenvalue weighted by Gasteiger charge is -2.22. The number of anilines is 1. The number of hydrazine groups is 1. The highest BCUT2D eigenvalue weighted by Crippen LogP contribution is 2.18. The van der Waals surface area contributed by atoms with Crippen LogP contribution in [0.1, 0.15) is 35.8 Å². The zero-order valence-electron chi connectivity index (χ0n) is 12.0. The van der Waals surface area contributed by atoms with E-state index in [2.05, 4.69) is 10.4 Å². The average Bonchev–Trinajstić information content (AvgIpc) is 2.45. The van der Waals surface area contributed by atoms with Crippen molar-refractivity contribution in [3.05, 3.63) is 23.4 Å². The number of nitrogens with zero attached hydrogens (tertiary/aromatic N) is 2. The number of pyridine rings is 1. The second-order valence-corrected chi connectivity index (χ2v) is 4.83. The van der Waals surface area contributed by atoms with Crippen molar-refractivity contribution in [2.75, 3.05) is 25.1 Å². The van der Waals surface area contributed by atoms with Crippen molar-refractivity contribution in [2.24, 2.45) is 5.84 Å². The van der Waals surface area contributed by atoms with E-state index >= 15 is 0 Å². The summed E-state index contributed by atoms with van der Waals surface area (Å²) in [6.45, 7) is 2.50. The van der Waals surface area contributed by atoms with Crippen LogP contribution in [0.15, 0.2) is 12.1 Å². The molecule has 8 heteroatoms. The van der Waals surface area contributed by atoms with E-state index < -0.39 is 18.9 Å². The Bertz CT molecular complexity index is 483. The number of hydrogen-bond donors (Lipinski definition) is 3. The van der Waals surface area contributed by atoms with Crippen molar-refractivity contribution in [3.8, 4) is 0 Å². The molecule has 0 saturated heterocycles. The third-order valence-electron chi connectivity index (χ3n) is 2.85. The number of nitrogens with two attached hydrogens (primary N) is 1. The first kappa shape index (κ1) is 17.3. The number of carbonyl (C=O) groups excluding carboxylic acids is 1. The number of aliphatic hydroxyl groups excluding tert-OH is 1. The van der Waals surface area contributed by atoms with Gasteiger partial charge in [0.05, 0.1) is 13.2 Å². The van der Waals surface area contributed by atoms with Gasteiger partial charge in [-0.2, -0.15) is 0 Å². The van der Waals surface area contributed by atoms with Crippen LogP contribution < -0.4 is 11.3 Å². The second kappa shape index (κ2) is 7.84. The first-order valence-electron chi connectivity index (χ1n) is 6.56. The third kappa shape index (κ3) is 4.91. The monoisotopic (exact) mass is 302 g/mol. The molecule has 0 fully saturated rings. The molecule has 0 bridgehead atoms. The van der Waals surface area contributed by atoms with Gasteiger partial charge in [-0.3, -0.25) is 4.79 Å². The minimum atomic E-state index is -2.67. The molecule has 1 rings (SSSR count). The van der Waals surface area contributed by atoms with Crippen molar-refractivity contribution in [1.82, 2.24) is 9.88 Å². The molecule has 1 heterocycles. The third-order valence-corrected chi connectivity index (χ3v) is 2.85. The van der Waals surface area contributed by atoms with Gasteiger partial charge in [-0.05, 0) is 18.1 Å². The largest absolute Gasteiger partial charge is 0.395 e. The van der Waals surface area contributed by atoms with Gasteiger partial charge in [-0.1, -0.05) is 13.8 Å². The van der Waals surface area contributed by atoms with Crippen LogP contribution in [0.5, 0.6) is 0 Å². The molecule has 0 aliphatic rings. The number of rotatable bonds is 7. The first-order chi connectivity index (χ1) is 9.88. The summed E-state index contributed by atoms with van der Waals surface area (Å²) in [4.78, 5) is 17.4. The van der Waals surface area contributed by atoms with Crippen LogP contribution >= 0.6 is 0 Å². The van der Waals surface area contributed by atoms with Gasteiger partial charge in [0.15, 0.2) is 0 Å². The van der Waals surface area contributed by atoms with Crippen molar-refractivity contribution < 1.29 is 18.7 Å². The lowest BCUT2D eigenvalue weighted by molar-refractivity contribution is 0.0509. The van der Waals surface area contributed by atoms with E-state index in [4.69, 9.17) is 10.9 Å². The highest BCUT2D eigenvalue weighted by atomic mass is 19.3. The maximum atomic E-state index is 12.5. The van der Waals surface area contributed by atoms with Crippen LogP contribution in [-0.2, 0) is 0 Å². The fourth-order valence-corrected chi connectivity index (χ4v) is 1.79. The number of alkyl halides is 2. The molecule has 0 unspecified atom stereocenters. The molecule has 6 nitrogen and oxygen atoms in total. The summed E-state index contributed by atoms with van der Waals surface area (Å²) in [7, 11) is 0. The number of nitrogens with one attached hydrogen (secondary N) is 1. The van der Waals surface area contributed by atoms with E-state index in [-0.39, 0.29) is 30.5 Å². The second-order valence-electron chi connectivity index (χ2n) is 4.83. The molecular weight excluding hydrogens is 282 g/mol. The van der Waals surface area contributed by atoms with Crippen LogP contribution in [0.3, 0.4) is 0 Å². The van der Waals surface area contributed by atoms with Crippen LogP contribution in [0, 0.1) is 0 Å². The molecule has 0 atom stereocenters. The molecule has 0 aliphatic heterocycles. The van der Waals surface area contributed by atoms with Gasteiger partial charge < -0.3 is 15.4 Å². The Hall–Kier alpha value is -1.80. The van der Waals surface area contributed by atoms with E-state index in [1.54, 1.807) is 6.07 Å². The summed E-state index contributed by atoms with van der Waals surface area (Å²) in [6, 6.07) is 2.94. The molecule has 0 spiro atoms. The molecular formula is C13H20F2N4O2. The number of carbonyl (C=O) groups is 1. The number of halogens is 2. The number of aromatic nitrogens is 1. The molecule has 0 saturated carbocycles. The van der Waals surface area contributed by atoms with Crippen LogP contribution in [0.25, 0.3) is 0 Å². The van der Waals surface area contributed by atoms with Crippen molar-refractivity contribution >= 4 is 11.7 Å². The number of nitrogen functional groups attached to an aromatic ring is 1. The first-order valence-corrected chi connectivity index (χ1v) is 6.56. The molecule has 0 aliphatic carbocycles. The van der Waals surface area contributed by atoms with Gasteiger partial charge in [0, 0.05) is 17.8 Å². The van der Waals surface area contributed by atoms with E-state index in [1.165, 1.54) is 6.07 Å². The molecule has 1 aromatic heterocycles. The van der Waals surface area contributed by atoms with Gasteiger partial charge in [0.1, 0.15) is 5.82 Å². The number of amides is 1. The summed E-state index contributed by atoms with van der Waals surface area (Å²) in [6.07, 6.45) is -2.67. The summed E-state index contributed by atoms with van der Waals surface area (Å²) in [5.74, 6) is 5.04. The summed E-state index contributed by atoms with van der Waals surface area (Å²) < 4.78 is 25.0. The summed E-state index contributed by atoms with van der Waals surface area (Å²) in [5.41, 5.74) is 3.17. The highest BCUT2D eigenvalue weighted by Gasteiger charge is 2.21. The van der Waals surface area contributed by atoms with Gasteiger partial charge >= 0.3 is 0 Å². The lowest BCUT2D eigenvalue weighted by Crippen LogP contribution is -2.37. The minimum Gasteiger partial charge on any atom is -0.395 e. The Morgan fingerprint density at radius 1 is 1.48 bits per heavy atom.